The van der Waals surface area contributed by atoms with E-state index >= 15 is 0 Å². The summed E-state index contributed by atoms with van der Waals surface area (Å²) in [5.74, 6) is 0. The van der Waals surface area contributed by atoms with Gasteiger partial charge in [0.05, 0.1) is 0 Å². The van der Waals surface area contributed by atoms with Gasteiger partial charge in [-0.3, -0.25) is 4.90 Å². The molecule has 2 nitrogen and oxygen atoms in total. The average Bonchev–Trinajstić information content (AvgIpc) is 2.45. The van der Waals surface area contributed by atoms with Crippen molar-refractivity contribution in [3.05, 3.63) is 47.5 Å². The molecule has 1 fully saturated rings. The molecule has 0 aromatic heterocycles. The molecule has 0 saturated carbocycles. The molecule has 1 atom stereocenters. The third kappa shape index (κ3) is 5.30. The highest BCUT2D eigenvalue weighted by molar-refractivity contribution is 5.85. The van der Waals surface area contributed by atoms with Crippen LogP contribution in [-0.2, 0) is 0 Å². The molecule has 2 rings (SSSR count). The Balaban J connectivity index is 0.00000200. The summed E-state index contributed by atoms with van der Waals surface area (Å²) < 4.78 is 0. The van der Waals surface area contributed by atoms with Crippen LogP contribution in [0.3, 0.4) is 0 Å². The minimum Gasteiger partial charge on any atom is -0.314 e. The molecule has 1 N–H and O–H groups in total. The summed E-state index contributed by atoms with van der Waals surface area (Å²) in [6, 6.07) is 7.25. The zero-order valence-electron chi connectivity index (χ0n) is 13.1. The van der Waals surface area contributed by atoms with Crippen molar-refractivity contribution in [2.75, 3.05) is 26.2 Å². The molecule has 0 aliphatic carbocycles. The van der Waals surface area contributed by atoms with Crippen molar-refractivity contribution in [1.82, 2.24) is 10.2 Å². The van der Waals surface area contributed by atoms with Crippen LogP contribution in [0.2, 0.25) is 0 Å². The summed E-state index contributed by atoms with van der Waals surface area (Å²) in [5, 5.41) is 3.44. The molecular weight excluding hydrogens is 303 g/mol. The fourth-order valence-corrected chi connectivity index (χ4v) is 2.94. The second-order valence-electron chi connectivity index (χ2n) is 5.46. The molecule has 4 heteroatoms. The maximum Gasteiger partial charge on any atom is 0.0354 e. The standard InChI is InChI=1S/C17H26N2.2ClH/c1-4-5-9-17(19-12-10-18-11-13-19)16-8-6-7-14(2)15(16)3;;/h4,6-8,17-18H,1,5,9-13H2,2-3H3;2*1H/t17-;;/m1../s1. The molecule has 1 aliphatic heterocycles. The Bertz CT molecular complexity index is 429. The summed E-state index contributed by atoms with van der Waals surface area (Å²) in [4.78, 5) is 2.63. The fraction of sp³-hybridized carbons (Fsp3) is 0.529. The Labute approximate surface area is 141 Å². The van der Waals surface area contributed by atoms with E-state index in [4.69, 9.17) is 0 Å². The lowest BCUT2D eigenvalue weighted by Crippen LogP contribution is -2.45. The maximum atomic E-state index is 3.88. The highest BCUT2D eigenvalue weighted by Crippen LogP contribution is 2.30. The van der Waals surface area contributed by atoms with Gasteiger partial charge in [0, 0.05) is 32.2 Å². The van der Waals surface area contributed by atoms with Gasteiger partial charge in [0.15, 0.2) is 0 Å². The van der Waals surface area contributed by atoms with Gasteiger partial charge in [0.2, 0.25) is 0 Å². The first-order valence-corrected chi connectivity index (χ1v) is 7.36. The first kappa shape index (κ1) is 20.5. The van der Waals surface area contributed by atoms with Crippen LogP contribution in [0, 0.1) is 13.8 Å². The van der Waals surface area contributed by atoms with E-state index in [2.05, 4.69) is 48.8 Å². The zero-order valence-corrected chi connectivity index (χ0v) is 14.7. The summed E-state index contributed by atoms with van der Waals surface area (Å²) in [5.41, 5.74) is 4.36. The molecule has 0 bridgehead atoms. The molecule has 0 amide bonds. The Morgan fingerprint density at radius 3 is 2.52 bits per heavy atom. The molecule has 21 heavy (non-hydrogen) atoms. The average molecular weight is 331 g/mol. The topological polar surface area (TPSA) is 15.3 Å². The molecule has 0 radical (unpaired) electrons. The predicted octanol–water partition coefficient (Wildman–Crippen LogP) is 4.06. The Morgan fingerprint density at radius 2 is 1.90 bits per heavy atom. The molecule has 1 aliphatic rings. The molecule has 0 spiro atoms. The lowest BCUT2D eigenvalue weighted by molar-refractivity contribution is 0.165. The van der Waals surface area contributed by atoms with Crippen LogP contribution in [0.4, 0.5) is 0 Å². The number of aryl methyl sites for hydroxylation is 1. The van der Waals surface area contributed by atoms with Gasteiger partial charge >= 0.3 is 0 Å². The number of nitrogens with one attached hydrogen (secondary N) is 1. The van der Waals surface area contributed by atoms with E-state index in [1.807, 2.05) is 6.08 Å². The summed E-state index contributed by atoms with van der Waals surface area (Å²) >= 11 is 0. The van der Waals surface area contributed by atoms with Gasteiger partial charge in [0.1, 0.15) is 0 Å². The molecule has 1 heterocycles. The summed E-state index contributed by atoms with van der Waals surface area (Å²) in [6.45, 7) is 12.9. The van der Waals surface area contributed by atoms with Crippen molar-refractivity contribution in [2.45, 2.75) is 32.7 Å². The lowest BCUT2D eigenvalue weighted by Gasteiger charge is -2.36. The van der Waals surface area contributed by atoms with Crippen molar-refractivity contribution in [1.29, 1.82) is 0 Å². The molecule has 1 aromatic carbocycles. The van der Waals surface area contributed by atoms with Gasteiger partial charge in [0.25, 0.3) is 0 Å². The normalized spacial score (nSPS) is 16.5. The third-order valence-electron chi connectivity index (χ3n) is 4.24. The summed E-state index contributed by atoms with van der Waals surface area (Å²) in [6.07, 6.45) is 4.30. The zero-order chi connectivity index (χ0) is 13.7. The van der Waals surface area contributed by atoms with Crippen molar-refractivity contribution in [2.24, 2.45) is 0 Å². The largest absolute Gasteiger partial charge is 0.314 e. The van der Waals surface area contributed by atoms with Crippen LogP contribution < -0.4 is 5.32 Å². The van der Waals surface area contributed by atoms with E-state index in [9.17, 15) is 0 Å². The Kier molecular flexibility index (Phi) is 9.97. The molecule has 0 unspecified atom stereocenters. The van der Waals surface area contributed by atoms with Crippen LogP contribution in [0.5, 0.6) is 0 Å². The summed E-state index contributed by atoms with van der Waals surface area (Å²) in [7, 11) is 0. The number of hydrogen-bond acceptors (Lipinski definition) is 2. The van der Waals surface area contributed by atoms with Crippen molar-refractivity contribution >= 4 is 24.8 Å². The van der Waals surface area contributed by atoms with Gasteiger partial charge in [-0.2, -0.15) is 0 Å². The number of halogens is 2. The first-order chi connectivity index (χ1) is 9.24. The highest BCUT2D eigenvalue weighted by atomic mass is 35.5. The number of rotatable bonds is 5. The van der Waals surface area contributed by atoms with Gasteiger partial charge < -0.3 is 5.32 Å². The van der Waals surface area contributed by atoms with Crippen LogP contribution in [-0.4, -0.2) is 31.1 Å². The lowest BCUT2D eigenvalue weighted by atomic mass is 9.93. The first-order valence-electron chi connectivity index (χ1n) is 7.36. The van der Waals surface area contributed by atoms with Gasteiger partial charge in [-0.25, -0.2) is 0 Å². The third-order valence-corrected chi connectivity index (χ3v) is 4.24. The second kappa shape index (κ2) is 10.2. The van der Waals surface area contributed by atoms with Gasteiger partial charge in [-0.15, -0.1) is 31.4 Å². The minimum absolute atomic E-state index is 0. The number of hydrogen-bond donors (Lipinski definition) is 1. The second-order valence-corrected chi connectivity index (χ2v) is 5.46. The quantitative estimate of drug-likeness (QED) is 0.819. The van der Waals surface area contributed by atoms with Crippen molar-refractivity contribution in [3.8, 4) is 0 Å². The maximum absolute atomic E-state index is 3.88. The highest BCUT2D eigenvalue weighted by Gasteiger charge is 2.22. The Morgan fingerprint density at radius 1 is 1.24 bits per heavy atom. The van der Waals surface area contributed by atoms with E-state index in [1.165, 1.54) is 23.1 Å². The van der Waals surface area contributed by atoms with E-state index < -0.39 is 0 Å². The minimum atomic E-state index is 0. The number of piperazine rings is 1. The van der Waals surface area contributed by atoms with Gasteiger partial charge in [-0.05, 0) is 43.4 Å². The van der Waals surface area contributed by atoms with E-state index in [-0.39, 0.29) is 24.8 Å². The molecule has 1 aromatic rings. The molecule has 120 valence electrons. The predicted molar refractivity (Wildman–Crippen MR) is 97.0 cm³/mol. The van der Waals surface area contributed by atoms with E-state index in [0.717, 1.165) is 32.6 Å². The molecular formula is C17H28Cl2N2. The van der Waals surface area contributed by atoms with E-state index in [1.54, 1.807) is 0 Å². The Hall–Kier alpha value is -0.540. The fourth-order valence-electron chi connectivity index (χ4n) is 2.94. The van der Waals surface area contributed by atoms with Crippen LogP contribution >= 0.6 is 24.8 Å². The number of nitrogens with zero attached hydrogens (tertiary/aromatic N) is 1. The van der Waals surface area contributed by atoms with E-state index in [0.29, 0.717) is 6.04 Å². The number of allylic oxidation sites excluding steroid dienone is 1. The molecule has 1 saturated heterocycles. The SMILES string of the molecule is C=CCC[C@H](c1cccc(C)c1C)N1CCNCC1.Cl.Cl. The van der Waals surface area contributed by atoms with Crippen molar-refractivity contribution in [3.63, 3.8) is 0 Å². The van der Waals surface area contributed by atoms with Gasteiger partial charge in [-0.1, -0.05) is 24.3 Å². The van der Waals surface area contributed by atoms with Crippen LogP contribution in [0.1, 0.15) is 35.6 Å². The van der Waals surface area contributed by atoms with Crippen LogP contribution in [0.15, 0.2) is 30.9 Å². The van der Waals surface area contributed by atoms with Crippen molar-refractivity contribution < 1.29 is 0 Å². The number of benzene rings is 1. The monoisotopic (exact) mass is 330 g/mol. The van der Waals surface area contributed by atoms with Crippen LogP contribution in [0.25, 0.3) is 0 Å². The smallest absolute Gasteiger partial charge is 0.0354 e.